The van der Waals surface area contributed by atoms with Crippen LogP contribution in [0.1, 0.15) is 32.3 Å². The topological polar surface area (TPSA) is 122 Å². The minimum atomic E-state index is -0.994. The summed E-state index contributed by atoms with van der Waals surface area (Å²) < 4.78 is 5.21. The van der Waals surface area contributed by atoms with Gasteiger partial charge < -0.3 is 20.7 Å². The van der Waals surface area contributed by atoms with E-state index in [1.165, 1.54) is 43.5 Å². The number of anilines is 1. The fourth-order valence-corrected chi connectivity index (χ4v) is 3.44. The number of urea groups is 1. The number of ether oxygens (including phenoxy) is 1. The van der Waals surface area contributed by atoms with Crippen molar-refractivity contribution in [3.63, 3.8) is 0 Å². The molecule has 0 radical (unpaired) electrons. The fourth-order valence-electron chi connectivity index (χ4n) is 2.96. The molecule has 8 nitrogen and oxygen atoms in total. The molecular formula is C24H17Cl2N4NaO4. The molecule has 0 aliphatic carbocycles. The molecular weight excluding hydrogens is 502 g/mol. The summed E-state index contributed by atoms with van der Waals surface area (Å²) >= 11 is 11.8. The number of nitrogens with one attached hydrogen (secondary N) is 2. The molecule has 3 aromatic carbocycles. The molecule has 1 atom stereocenters. The number of halogens is 2. The summed E-state index contributed by atoms with van der Waals surface area (Å²) in [5, 5.41) is 18.3. The zero-order valence-electron chi connectivity index (χ0n) is 18.7. The van der Waals surface area contributed by atoms with E-state index in [1.54, 1.807) is 30.3 Å². The number of hydrogen-bond donors (Lipinski definition) is 2. The second-order valence-electron chi connectivity index (χ2n) is 6.83. The molecule has 0 saturated carbocycles. The first-order valence-electron chi connectivity index (χ1n) is 9.78. The van der Waals surface area contributed by atoms with E-state index in [0.29, 0.717) is 10.6 Å². The van der Waals surface area contributed by atoms with Gasteiger partial charge in [-0.05, 0) is 42.0 Å². The number of rotatable bonds is 6. The molecule has 3 aromatic rings. The fraction of sp³-hybridized carbons (Fsp3) is 0.0833. The van der Waals surface area contributed by atoms with Crippen LogP contribution in [0.4, 0.5) is 10.5 Å². The summed E-state index contributed by atoms with van der Waals surface area (Å²) in [7, 11) is 1.38. The Hall–Kier alpha value is -3.06. The number of benzene rings is 3. The Balaban J connectivity index is 0.00000432. The third-order valence-electron chi connectivity index (χ3n) is 4.61. The molecule has 0 spiro atoms. The molecule has 11 heteroatoms. The predicted octanol–water partition coefficient (Wildman–Crippen LogP) is 2.75. The number of carbonyl (C=O) groups is 3. The van der Waals surface area contributed by atoms with Crippen LogP contribution in [0.3, 0.4) is 0 Å². The zero-order valence-corrected chi connectivity index (χ0v) is 22.2. The van der Waals surface area contributed by atoms with Gasteiger partial charge in [-0.1, -0.05) is 53.5 Å². The summed E-state index contributed by atoms with van der Waals surface area (Å²) in [6.45, 7) is 0. The van der Waals surface area contributed by atoms with Crippen LogP contribution < -0.4 is 44.9 Å². The van der Waals surface area contributed by atoms with Crippen molar-refractivity contribution in [3.05, 3.63) is 98.8 Å². The summed E-state index contributed by atoms with van der Waals surface area (Å²) in [5.74, 6) is -1.18. The maximum absolute atomic E-state index is 12.7. The van der Waals surface area contributed by atoms with Crippen LogP contribution in [0.25, 0.3) is 5.32 Å². The van der Waals surface area contributed by atoms with Crippen molar-refractivity contribution in [3.8, 4) is 11.8 Å². The van der Waals surface area contributed by atoms with Crippen LogP contribution in [0.15, 0.2) is 66.7 Å². The van der Waals surface area contributed by atoms with Gasteiger partial charge in [0.05, 0.1) is 18.2 Å². The van der Waals surface area contributed by atoms with Crippen molar-refractivity contribution in [2.75, 3.05) is 12.4 Å². The van der Waals surface area contributed by atoms with Crippen molar-refractivity contribution in [1.82, 2.24) is 5.32 Å². The average molecular weight is 519 g/mol. The predicted molar refractivity (Wildman–Crippen MR) is 128 cm³/mol. The second kappa shape index (κ2) is 13.1. The molecule has 0 fully saturated rings. The molecule has 3 rings (SSSR count). The summed E-state index contributed by atoms with van der Waals surface area (Å²) in [4.78, 5) is 37.4. The van der Waals surface area contributed by atoms with Crippen molar-refractivity contribution in [2.24, 2.45) is 0 Å². The number of carbonyl (C=O) groups excluding carboxylic acids is 3. The molecule has 172 valence electrons. The molecule has 4 amide bonds. The molecule has 0 saturated heterocycles. The van der Waals surface area contributed by atoms with Gasteiger partial charge in [0.15, 0.2) is 11.9 Å². The largest absolute Gasteiger partial charge is 1.00 e. The van der Waals surface area contributed by atoms with Gasteiger partial charge in [-0.15, -0.1) is 0 Å². The van der Waals surface area contributed by atoms with Gasteiger partial charge in [-0.25, -0.2) is 0 Å². The van der Waals surface area contributed by atoms with Crippen LogP contribution in [0.5, 0.6) is 5.75 Å². The third kappa shape index (κ3) is 7.46. The average Bonchev–Trinajstić information content (AvgIpc) is 2.82. The molecule has 35 heavy (non-hydrogen) atoms. The maximum atomic E-state index is 12.7. The van der Waals surface area contributed by atoms with Crippen LogP contribution in [-0.4, -0.2) is 25.0 Å². The standard InChI is InChI=1S/C24H18Cl2N4O4.Na/c1-34-21-10-7-15(22(31)28-20(13-27)14-5-3-2-4-6-14)11-19(21)29-24(33)30-23(32)17-9-8-16(25)12-18(17)26;/h2-12,20H,1H3,(H3,28,29,30,31,32,33);/q;+1/p-1. The van der Waals surface area contributed by atoms with E-state index >= 15 is 0 Å². The van der Waals surface area contributed by atoms with E-state index in [1.807, 2.05) is 6.07 Å². The van der Waals surface area contributed by atoms with Crippen molar-refractivity contribution in [1.29, 1.82) is 5.26 Å². The van der Waals surface area contributed by atoms with Crippen LogP contribution in [0, 0.1) is 11.3 Å². The van der Waals surface area contributed by atoms with Crippen molar-refractivity contribution < 1.29 is 48.7 Å². The molecule has 0 bridgehead atoms. The van der Waals surface area contributed by atoms with E-state index in [2.05, 4.69) is 16.0 Å². The number of hydrogen-bond acceptors (Lipinski definition) is 5. The van der Waals surface area contributed by atoms with Gasteiger partial charge in [0.25, 0.3) is 5.91 Å². The van der Waals surface area contributed by atoms with Crippen LogP contribution in [-0.2, 0) is 0 Å². The van der Waals surface area contributed by atoms with Gasteiger partial charge in [0.1, 0.15) is 11.8 Å². The molecule has 0 aromatic heterocycles. The smallest absolute Gasteiger partial charge is 0.497 e. The minimum Gasteiger partial charge on any atom is -0.497 e. The Labute approximate surface area is 233 Å². The Kier molecular flexibility index (Phi) is 10.6. The van der Waals surface area contributed by atoms with Crippen molar-refractivity contribution >= 4 is 46.7 Å². The minimum absolute atomic E-state index is 0. The Morgan fingerprint density at radius 2 is 1.74 bits per heavy atom. The number of methoxy groups -OCH3 is 1. The molecule has 0 aliphatic heterocycles. The summed E-state index contributed by atoms with van der Waals surface area (Å²) in [5.41, 5.74) is 0.884. The normalized spacial score (nSPS) is 10.7. The number of imide groups is 1. The summed E-state index contributed by atoms with van der Waals surface area (Å²) in [6.07, 6.45) is 0. The van der Waals surface area contributed by atoms with E-state index < -0.39 is 23.9 Å². The van der Waals surface area contributed by atoms with E-state index in [4.69, 9.17) is 27.9 Å². The summed E-state index contributed by atoms with van der Waals surface area (Å²) in [6, 6.07) is 17.4. The van der Waals surface area contributed by atoms with E-state index in [0.717, 1.165) is 0 Å². The maximum Gasteiger partial charge on any atom is 1.00 e. The Morgan fingerprint density at radius 1 is 1.03 bits per heavy atom. The van der Waals surface area contributed by atoms with Gasteiger partial charge in [-0.3, -0.25) is 14.4 Å². The Bertz CT molecular complexity index is 1280. The van der Waals surface area contributed by atoms with Crippen LogP contribution in [0.2, 0.25) is 10.0 Å². The van der Waals surface area contributed by atoms with Crippen LogP contribution >= 0.6 is 23.2 Å². The second-order valence-corrected chi connectivity index (χ2v) is 7.68. The van der Waals surface area contributed by atoms with Crippen molar-refractivity contribution in [2.45, 2.75) is 6.04 Å². The number of nitrogens with zero attached hydrogens (tertiary/aromatic N) is 2. The Morgan fingerprint density at radius 3 is 2.37 bits per heavy atom. The zero-order chi connectivity index (χ0) is 24.7. The first kappa shape index (κ1) is 28.2. The van der Waals surface area contributed by atoms with Gasteiger partial charge in [0.2, 0.25) is 0 Å². The SMILES string of the molecule is COc1ccc(C(=O)NC(C#N)c2ccccc2)cc1NC(=O)[N-]C(=O)c1ccc(Cl)cc1Cl.[Na+]. The van der Waals surface area contributed by atoms with Gasteiger partial charge >= 0.3 is 29.6 Å². The molecule has 1 unspecified atom stereocenters. The number of amides is 4. The van der Waals surface area contributed by atoms with E-state index in [-0.39, 0.29) is 57.1 Å². The third-order valence-corrected chi connectivity index (χ3v) is 5.15. The first-order valence-corrected chi connectivity index (χ1v) is 10.5. The quantitative estimate of drug-likeness (QED) is 0.485. The van der Waals surface area contributed by atoms with E-state index in [9.17, 15) is 19.6 Å². The molecule has 2 N–H and O–H groups in total. The number of nitriles is 1. The monoisotopic (exact) mass is 518 g/mol. The first-order chi connectivity index (χ1) is 16.3. The van der Waals surface area contributed by atoms with Gasteiger partial charge in [0, 0.05) is 21.8 Å². The molecule has 0 aliphatic rings. The van der Waals surface area contributed by atoms with Gasteiger partial charge in [-0.2, -0.15) is 5.26 Å². The molecule has 0 heterocycles.